The molecule has 0 spiro atoms. The third kappa shape index (κ3) is 4.67. The molecule has 182 valence electrons. The van der Waals surface area contributed by atoms with Gasteiger partial charge in [-0.25, -0.2) is 14.4 Å². The van der Waals surface area contributed by atoms with Crippen molar-refractivity contribution in [1.82, 2.24) is 25.6 Å². The summed E-state index contributed by atoms with van der Waals surface area (Å²) in [5.41, 5.74) is 2.60. The number of thioether (sulfide) groups is 1. The van der Waals surface area contributed by atoms with Gasteiger partial charge in [-0.1, -0.05) is 11.8 Å². The number of aliphatic imine (C=N–C) groups is 1. The molecule has 3 aromatic rings. The van der Waals surface area contributed by atoms with Crippen LogP contribution in [0.1, 0.15) is 44.2 Å². The number of amides is 1. The number of hydrogen-bond acceptors (Lipinski definition) is 7. The van der Waals surface area contributed by atoms with Crippen molar-refractivity contribution in [2.75, 3.05) is 12.4 Å². The second-order valence-electron chi connectivity index (χ2n) is 9.67. The van der Waals surface area contributed by atoms with Crippen LogP contribution in [0.5, 0.6) is 0 Å². The third-order valence-corrected chi connectivity index (χ3v) is 7.69. The lowest BCUT2D eigenvalue weighted by Crippen LogP contribution is -2.58. The molecule has 2 atom stereocenters. The van der Waals surface area contributed by atoms with Crippen molar-refractivity contribution in [2.45, 2.75) is 56.4 Å². The molecule has 1 amide bonds. The van der Waals surface area contributed by atoms with E-state index in [-0.39, 0.29) is 17.8 Å². The summed E-state index contributed by atoms with van der Waals surface area (Å²) in [7, 11) is 1.67. The van der Waals surface area contributed by atoms with Crippen molar-refractivity contribution >= 4 is 45.4 Å². The Hall–Kier alpha value is -3.27. The van der Waals surface area contributed by atoms with Crippen LogP contribution in [0.3, 0.4) is 0 Å². The minimum atomic E-state index is -0.861. The van der Waals surface area contributed by atoms with E-state index in [1.807, 2.05) is 26.8 Å². The number of amidine groups is 1. The van der Waals surface area contributed by atoms with Gasteiger partial charge in [-0.2, -0.15) is 0 Å². The lowest BCUT2D eigenvalue weighted by molar-refractivity contribution is -0.123. The summed E-state index contributed by atoms with van der Waals surface area (Å²) in [4.78, 5) is 30.6. The molecule has 2 fully saturated rings. The van der Waals surface area contributed by atoms with Crippen LogP contribution in [0.15, 0.2) is 41.8 Å². The predicted octanol–water partition coefficient (Wildman–Crippen LogP) is 4.18. The van der Waals surface area contributed by atoms with Crippen molar-refractivity contribution in [2.24, 2.45) is 4.99 Å². The summed E-state index contributed by atoms with van der Waals surface area (Å²) in [6, 6.07) is 7.03. The molecule has 10 heteroatoms. The molecule has 2 aliphatic rings. The van der Waals surface area contributed by atoms with E-state index in [1.165, 1.54) is 24.2 Å². The first-order valence-electron chi connectivity index (χ1n) is 11.6. The predicted molar refractivity (Wildman–Crippen MR) is 137 cm³/mol. The van der Waals surface area contributed by atoms with Crippen LogP contribution in [0.25, 0.3) is 11.0 Å². The van der Waals surface area contributed by atoms with Crippen molar-refractivity contribution in [1.29, 1.82) is 0 Å². The van der Waals surface area contributed by atoms with E-state index in [0.29, 0.717) is 34.2 Å². The topological polar surface area (TPSA) is 104 Å². The normalized spacial score (nSPS) is 25.3. The Bertz CT molecular complexity index is 1340. The first-order valence-corrected chi connectivity index (χ1v) is 12.4. The summed E-state index contributed by atoms with van der Waals surface area (Å²) in [5.74, 6) is 0.135. The number of carbonyl (C=O) groups is 1. The van der Waals surface area contributed by atoms with Gasteiger partial charge in [-0.05, 0) is 69.9 Å². The number of pyridine rings is 1. The highest BCUT2D eigenvalue weighted by Crippen LogP contribution is 2.45. The highest BCUT2D eigenvalue weighted by molar-refractivity contribution is 8.15. The number of anilines is 2. The molecule has 1 aliphatic heterocycles. The standard InChI is InChI=1S/C25H28FN7OS/c1-14-9-19-20(28-11-14)21(30-13-29-19)31-16-7-8-18(26)17(10-16)24(2)12-25(3,35-23(27-4)33-24)22(34)32-15-5-6-15/h7-11,13,15H,5-6,12H2,1-4H3,(H,27,33)(H,32,34)(H,29,30,31)/t24-,25+/m0/s1. The van der Waals surface area contributed by atoms with Gasteiger partial charge in [0.25, 0.3) is 0 Å². The molecular formula is C25H28FN7OS. The van der Waals surface area contributed by atoms with E-state index in [0.717, 1.165) is 23.9 Å². The van der Waals surface area contributed by atoms with Crippen LogP contribution in [0.4, 0.5) is 15.9 Å². The van der Waals surface area contributed by atoms with E-state index in [2.05, 4.69) is 35.9 Å². The van der Waals surface area contributed by atoms with Crippen molar-refractivity contribution in [3.63, 3.8) is 0 Å². The maximum absolute atomic E-state index is 15.3. The molecule has 1 aliphatic carbocycles. The Balaban J connectivity index is 1.49. The average molecular weight is 494 g/mol. The number of aryl methyl sites for hydroxylation is 1. The quantitative estimate of drug-likeness (QED) is 0.490. The van der Waals surface area contributed by atoms with Crippen LogP contribution >= 0.6 is 11.8 Å². The van der Waals surface area contributed by atoms with E-state index in [1.54, 1.807) is 25.4 Å². The zero-order chi connectivity index (χ0) is 24.8. The zero-order valence-electron chi connectivity index (χ0n) is 20.1. The molecule has 0 unspecified atom stereocenters. The van der Waals surface area contributed by atoms with E-state index < -0.39 is 10.3 Å². The van der Waals surface area contributed by atoms with Crippen LogP contribution in [-0.2, 0) is 10.3 Å². The molecule has 1 saturated carbocycles. The minimum absolute atomic E-state index is 0.0395. The van der Waals surface area contributed by atoms with Gasteiger partial charge in [-0.3, -0.25) is 14.8 Å². The monoisotopic (exact) mass is 493 g/mol. The SMILES string of the molecule is CN=C1N[C@](C)(c2cc(Nc3ncnc4cc(C)cnc34)ccc2F)C[C@](C)(C(=O)NC2CC2)S1. The minimum Gasteiger partial charge on any atom is -0.355 e. The Labute approximate surface area is 207 Å². The summed E-state index contributed by atoms with van der Waals surface area (Å²) in [6.07, 6.45) is 5.64. The first kappa shape index (κ1) is 23.5. The second kappa shape index (κ2) is 8.75. The number of fused-ring (bicyclic) bond motifs is 1. The summed E-state index contributed by atoms with van der Waals surface area (Å²) >= 11 is 1.39. The molecule has 1 saturated heterocycles. The Morgan fingerprint density at radius 3 is 2.77 bits per heavy atom. The highest BCUT2D eigenvalue weighted by atomic mass is 32.2. The van der Waals surface area contributed by atoms with Gasteiger partial charge in [0.05, 0.1) is 11.1 Å². The van der Waals surface area contributed by atoms with Crippen molar-refractivity contribution in [3.8, 4) is 0 Å². The molecule has 0 radical (unpaired) electrons. The van der Waals surface area contributed by atoms with E-state index >= 15 is 4.39 Å². The Kier molecular flexibility index (Phi) is 5.86. The number of aromatic nitrogens is 3. The molecule has 8 nitrogen and oxygen atoms in total. The van der Waals surface area contributed by atoms with Crippen molar-refractivity contribution in [3.05, 3.63) is 53.7 Å². The van der Waals surface area contributed by atoms with Crippen LogP contribution in [0.2, 0.25) is 0 Å². The molecule has 2 aromatic heterocycles. The molecule has 3 N–H and O–H groups in total. The lowest BCUT2D eigenvalue weighted by Gasteiger charge is -2.45. The van der Waals surface area contributed by atoms with Gasteiger partial charge >= 0.3 is 0 Å². The second-order valence-corrected chi connectivity index (χ2v) is 11.2. The summed E-state index contributed by atoms with van der Waals surface area (Å²) < 4.78 is 14.5. The van der Waals surface area contributed by atoms with Crippen LogP contribution in [-0.4, -0.2) is 43.9 Å². The molecule has 0 bridgehead atoms. The molecule has 3 heterocycles. The maximum Gasteiger partial charge on any atom is 0.236 e. The van der Waals surface area contributed by atoms with Crippen LogP contribution in [0, 0.1) is 12.7 Å². The first-order chi connectivity index (χ1) is 16.7. The summed E-state index contributed by atoms with van der Waals surface area (Å²) in [5, 5.41) is 10.4. The van der Waals surface area contributed by atoms with Crippen LogP contribution < -0.4 is 16.0 Å². The van der Waals surface area contributed by atoms with Gasteiger partial charge < -0.3 is 16.0 Å². The number of halogens is 1. The Morgan fingerprint density at radius 2 is 2.03 bits per heavy atom. The fraction of sp³-hybridized carbons (Fsp3) is 0.400. The lowest BCUT2D eigenvalue weighted by atomic mass is 9.81. The third-order valence-electron chi connectivity index (χ3n) is 6.43. The highest BCUT2D eigenvalue weighted by Gasteiger charge is 2.49. The summed E-state index contributed by atoms with van der Waals surface area (Å²) in [6.45, 7) is 5.77. The molecule has 5 rings (SSSR count). The van der Waals surface area contributed by atoms with Gasteiger partial charge in [0, 0.05) is 30.5 Å². The number of benzene rings is 1. The maximum atomic E-state index is 15.3. The van der Waals surface area contributed by atoms with Crippen molar-refractivity contribution < 1.29 is 9.18 Å². The van der Waals surface area contributed by atoms with E-state index in [9.17, 15) is 4.79 Å². The van der Waals surface area contributed by atoms with Gasteiger partial charge in [0.2, 0.25) is 5.91 Å². The fourth-order valence-corrected chi connectivity index (χ4v) is 5.79. The van der Waals surface area contributed by atoms with Gasteiger partial charge in [0.1, 0.15) is 22.4 Å². The fourth-order valence-electron chi connectivity index (χ4n) is 4.48. The molecule has 1 aromatic carbocycles. The number of nitrogens with one attached hydrogen (secondary N) is 3. The zero-order valence-corrected chi connectivity index (χ0v) is 21.0. The number of hydrogen-bond donors (Lipinski definition) is 3. The smallest absolute Gasteiger partial charge is 0.236 e. The molecule has 35 heavy (non-hydrogen) atoms. The largest absolute Gasteiger partial charge is 0.355 e. The number of carbonyl (C=O) groups excluding carboxylic acids is 1. The Morgan fingerprint density at radius 1 is 1.23 bits per heavy atom. The van der Waals surface area contributed by atoms with Gasteiger partial charge in [0.15, 0.2) is 11.0 Å². The average Bonchev–Trinajstić information content (AvgIpc) is 3.63. The number of nitrogens with zero attached hydrogens (tertiary/aromatic N) is 4. The van der Waals surface area contributed by atoms with Gasteiger partial charge in [-0.15, -0.1) is 0 Å². The molecular weight excluding hydrogens is 465 g/mol. The number of rotatable bonds is 5. The van der Waals surface area contributed by atoms with E-state index in [4.69, 9.17) is 0 Å².